The smallest absolute Gasteiger partial charge is 0.203 e. The van der Waals surface area contributed by atoms with Gasteiger partial charge in [0, 0.05) is 23.9 Å². The van der Waals surface area contributed by atoms with Gasteiger partial charge >= 0.3 is 0 Å². The lowest BCUT2D eigenvalue weighted by Gasteiger charge is -2.26. The SMILES string of the molecule is COc1cc(NC(c2coc3cc(F)ccc3c2=O)c2nnnn2C2CCCCC2)cc(OC)c1OC. The summed E-state index contributed by atoms with van der Waals surface area (Å²) >= 11 is 0. The molecular weight excluding hydrogens is 481 g/mol. The molecule has 0 radical (unpaired) electrons. The summed E-state index contributed by atoms with van der Waals surface area (Å²) in [6, 6.07) is 6.64. The third-order valence-electron chi connectivity index (χ3n) is 6.75. The molecule has 1 unspecified atom stereocenters. The minimum atomic E-state index is -0.787. The highest BCUT2D eigenvalue weighted by Gasteiger charge is 2.30. The second-order valence-corrected chi connectivity index (χ2v) is 8.93. The lowest BCUT2D eigenvalue weighted by atomic mass is 9.95. The van der Waals surface area contributed by atoms with E-state index < -0.39 is 11.9 Å². The first-order valence-corrected chi connectivity index (χ1v) is 12.1. The van der Waals surface area contributed by atoms with E-state index in [2.05, 4.69) is 20.8 Å². The van der Waals surface area contributed by atoms with Crippen molar-refractivity contribution in [2.75, 3.05) is 26.6 Å². The Morgan fingerprint density at radius 1 is 1.05 bits per heavy atom. The van der Waals surface area contributed by atoms with Crippen LogP contribution in [-0.4, -0.2) is 41.5 Å². The fourth-order valence-corrected chi connectivity index (χ4v) is 4.91. The average molecular weight is 510 g/mol. The third kappa shape index (κ3) is 4.68. The van der Waals surface area contributed by atoms with Gasteiger partial charge in [0.05, 0.1) is 38.3 Å². The van der Waals surface area contributed by atoms with Crippen LogP contribution in [0.1, 0.15) is 55.6 Å². The molecule has 0 spiro atoms. The normalized spacial score (nSPS) is 14.9. The highest BCUT2D eigenvalue weighted by atomic mass is 19.1. The van der Waals surface area contributed by atoms with Crippen molar-refractivity contribution in [3.63, 3.8) is 0 Å². The van der Waals surface area contributed by atoms with E-state index in [0.29, 0.717) is 28.8 Å². The van der Waals surface area contributed by atoms with Crippen LogP contribution in [-0.2, 0) is 0 Å². The molecule has 1 aliphatic rings. The maximum absolute atomic E-state index is 13.8. The molecule has 2 heterocycles. The minimum Gasteiger partial charge on any atom is -0.493 e. The van der Waals surface area contributed by atoms with E-state index in [1.54, 1.807) is 16.8 Å². The quantitative estimate of drug-likeness (QED) is 0.362. The lowest BCUT2D eigenvalue weighted by molar-refractivity contribution is 0.315. The Hall–Kier alpha value is -4.15. The molecule has 1 N–H and O–H groups in total. The van der Waals surface area contributed by atoms with Gasteiger partial charge in [-0.1, -0.05) is 19.3 Å². The summed E-state index contributed by atoms with van der Waals surface area (Å²) in [4.78, 5) is 13.6. The Bertz CT molecular complexity index is 1440. The van der Waals surface area contributed by atoms with Crippen LogP contribution in [0.2, 0.25) is 0 Å². The fourth-order valence-electron chi connectivity index (χ4n) is 4.91. The van der Waals surface area contributed by atoms with Crippen LogP contribution >= 0.6 is 0 Å². The van der Waals surface area contributed by atoms with Crippen molar-refractivity contribution in [1.82, 2.24) is 20.2 Å². The van der Waals surface area contributed by atoms with Crippen LogP contribution < -0.4 is 25.0 Å². The first-order valence-electron chi connectivity index (χ1n) is 12.1. The predicted octanol–water partition coefficient (Wildman–Crippen LogP) is 4.65. The van der Waals surface area contributed by atoms with Crippen LogP contribution in [0.4, 0.5) is 10.1 Å². The molecular formula is C26H28FN5O5. The van der Waals surface area contributed by atoms with Crippen molar-refractivity contribution in [3.8, 4) is 17.2 Å². The van der Waals surface area contributed by atoms with E-state index in [1.807, 2.05) is 0 Å². The average Bonchev–Trinajstić information content (AvgIpc) is 3.42. The number of ether oxygens (including phenoxy) is 3. The van der Waals surface area contributed by atoms with E-state index in [0.717, 1.165) is 25.7 Å². The number of rotatable bonds is 8. The summed E-state index contributed by atoms with van der Waals surface area (Å²) < 4.78 is 37.7. The highest BCUT2D eigenvalue weighted by Crippen LogP contribution is 2.41. The number of tetrazole rings is 1. The van der Waals surface area contributed by atoms with Gasteiger partial charge in [-0.05, 0) is 35.4 Å². The van der Waals surface area contributed by atoms with E-state index in [-0.39, 0.29) is 28.0 Å². The summed E-state index contributed by atoms with van der Waals surface area (Å²) in [5, 5.41) is 16.2. The Labute approximate surface area is 212 Å². The van der Waals surface area contributed by atoms with Gasteiger partial charge in [0.15, 0.2) is 22.8 Å². The molecule has 10 nitrogen and oxygen atoms in total. The molecule has 2 aromatic heterocycles. The van der Waals surface area contributed by atoms with Crippen molar-refractivity contribution in [3.05, 3.63) is 64.0 Å². The molecule has 1 saturated carbocycles. The summed E-state index contributed by atoms with van der Waals surface area (Å²) in [6.45, 7) is 0. The summed E-state index contributed by atoms with van der Waals surface area (Å²) in [7, 11) is 4.58. The van der Waals surface area contributed by atoms with Crippen LogP contribution in [0.5, 0.6) is 17.2 Å². The molecule has 194 valence electrons. The number of fused-ring (bicyclic) bond motifs is 1. The van der Waals surface area contributed by atoms with Gasteiger partial charge in [0.25, 0.3) is 0 Å². The molecule has 1 atom stereocenters. The van der Waals surface area contributed by atoms with Gasteiger partial charge < -0.3 is 23.9 Å². The van der Waals surface area contributed by atoms with Gasteiger partial charge in [-0.2, -0.15) is 0 Å². The van der Waals surface area contributed by atoms with Crippen LogP contribution in [0.3, 0.4) is 0 Å². The number of halogens is 1. The van der Waals surface area contributed by atoms with Crippen molar-refractivity contribution in [2.24, 2.45) is 0 Å². The summed E-state index contributed by atoms with van der Waals surface area (Å²) in [6.07, 6.45) is 6.56. The first-order chi connectivity index (χ1) is 18.0. The minimum absolute atomic E-state index is 0.115. The van der Waals surface area contributed by atoms with Gasteiger partial charge in [0.2, 0.25) is 5.75 Å². The zero-order valence-electron chi connectivity index (χ0n) is 20.9. The topological polar surface area (TPSA) is 114 Å². The molecule has 11 heteroatoms. The van der Waals surface area contributed by atoms with Crippen molar-refractivity contribution in [1.29, 1.82) is 0 Å². The molecule has 1 fully saturated rings. The molecule has 37 heavy (non-hydrogen) atoms. The third-order valence-corrected chi connectivity index (χ3v) is 6.75. The molecule has 2 aromatic carbocycles. The number of anilines is 1. The zero-order valence-corrected chi connectivity index (χ0v) is 20.9. The Kier molecular flexibility index (Phi) is 6.93. The van der Waals surface area contributed by atoms with Crippen LogP contribution in [0.15, 0.2) is 45.8 Å². The van der Waals surface area contributed by atoms with Gasteiger partial charge in [-0.25, -0.2) is 9.07 Å². The van der Waals surface area contributed by atoms with Crippen LogP contribution in [0.25, 0.3) is 11.0 Å². The second kappa shape index (κ2) is 10.5. The molecule has 0 saturated heterocycles. The number of methoxy groups -OCH3 is 3. The second-order valence-electron chi connectivity index (χ2n) is 8.93. The number of benzene rings is 2. The van der Waals surface area contributed by atoms with Crippen molar-refractivity contribution in [2.45, 2.75) is 44.2 Å². The van der Waals surface area contributed by atoms with E-state index >= 15 is 0 Å². The largest absolute Gasteiger partial charge is 0.493 e. The first kappa shape index (κ1) is 24.5. The van der Waals surface area contributed by atoms with E-state index in [1.165, 1.54) is 52.2 Å². The summed E-state index contributed by atoms with van der Waals surface area (Å²) in [5.74, 6) is 1.30. The van der Waals surface area contributed by atoms with Gasteiger partial charge in [-0.3, -0.25) is 4.79 Å². The molecule has 5 rings (SSSR count). The number of nitrogens with one attached hydrogen (secondary N) is 1. The molecule has 0 bridgehead atoms. The molecule has 0 aliphatic heterocycles. The predicted molar refractivity (Wildman–Crippen MR) is 134 cm³/mol. The molecule has 0 amide bonds. The van der Waals surface area contributed by atoms with Gasteiger partial charge in [0.1, 0.15) is 23.7 Å². The molecule has 4 aromatic rings. The number of aromatic nitrogens is 4. The highest BCUT2D eigenvalue weighted by molar-refractivity contribution is 5.77. The van der Waals surface area contributed by atoms with Crippen molar-refractivity contribution < 1.29 is 23.0 Å². The van der Waals surface area contributed by atoms with E-state index in [9.17, 15) is 9.18 Å². The van der Waals surface area contributed by atoms with Gasteiger partial charge in [-0.15, -0.1) is 5.10 Å². The Morgan fingerprint density at radius 2 is 1.78 bits per heavy atom. The number of hydrogen-bond acceptors (Lipinski definition) is 9. The standard InChI is InChI=1S/C26H28FN5O5/c1-34-21-12-16(13-22(35-2)25(21)36-3)28-23(26-29-30-31-32(26)17-7-5-4-6-8-17)19-14-37-20-11-15(27)9-10-18(20)24(19)33/h9-14,17,23,28H,4-8H2,1-3H3. The number of nitrogens with zero attached hydrogens (tertiary/aromatic N) is 4. The maximum Gasteiger partial charge on any atom is 0.203 e. The van der Waals surface area contributed by atoms with Crippen LogP contribution in [0, 0.1) is 5.82 Å². The maximum atomic E-state index is 13.8. The Balaban J connectivity index is 1.66. The van der Waals surface area contributed by atoms with Crippen molar-refractivity contribution >= 4 is 16.7 Å². The molecule has 1 aliphatic carbocycles. The fraction of sp³-hybridized carbons (Fsp3) is 0.385. The monoisotopic (exact) mass is 509 g/mol. The lowest BCUT2D eigenvalue weighted by Crippen LogP contribution is -2.26. The Morgan fingerprint density at radius 3 is 2.46 bits per heavy atom. The van der Waals surface area contributed by atoms with E-state index in [4.69, 9.17) is 18.6 Å². The summed E-state index contributed by atoms with van der Waals surface area (Å²) in [5.41, 5.74) is 0.701. The zero-order chi connectivity index (χ0) is 25.9. The number of hydrogen-bond donors (Lipinski definition) is 1.